The summed E-state index contributed by atoms with van der Waals surface area (Å²) in [6.07, 6.45) is 5.69. The predicted octanol–water partition coefficient (Wildman–Crippen LogP) is 2.08. The molecule has 0 saturated carbocycles. The minimum absolute atomic E-state index is 0.653. The maximum absolute atomic E-state index is 5.00. The van der Waals surface area contributed by atoms with Gasteiger partial charge < -0.3 is 10.1 Å². The number of hydrogen-bond acceptors (Lipinski definition) is 6. The fourth-order valence-corrected chi connectivity index (χ4v) is 2.12. The van der Waals surface area contributed by atoms with Crippen molar-refractivity contribution in [1.82, 2.24) is 19.1 Å². The normalized spacial score (nSPS) is 10.8. The Morgan fingerprint density at radius 2 is 2.39 bits per heavy atom. The van der Waals surface area contributed by atoms with Gasteiger partial charge in [0.1, 0.15) is 5.82 Å². The molecule has 0 aliphatic rings. The minimum Gasteiger partial charge on any atom is -0.383 e. The summed E-state index contributed by atoms with van der Waals surface area (Å²) in [6.45, 7) is 3.52. The lowest BCUT2D eigenvalue weighted by Crippen LogP contribution is -2.03. The molecule has 98 valence electrons. The topological polar surface area (TPSA) is 64.9 Å². The van der Waals surface area contributed by atoms with Crippen molar-refractivity contribution in [2.24, 2.45) is 0 Å². The molecule has 2 rings (SSSR count). The maximum atomic E-state index is 5.00. The van der Waals surface area contributed by atoms with Crippen LogP contribution in [0.5, 0.6) is 0 Å². The van der Waals surface area contributed by atoms with Crippen molar-refractivity contribution in [2.45, 2.75) is 26.3 Å². The van der Waals surface area contributed by atoms with Gasteiger partial charge in [0.05, 0.1) is 25.0 Å². The molecule has 0 aliphatic heterocycles. The zero-order valence-corrected chi connectivity index (χ0v) is 11.4. The van der Waals surface area contributed by atoms with Crippen molar-refractivity contribution in [2.75, 3.05) is 19.0 Å². The highest BCUT2D eigenvalue weighted by molar-refractivity contribution is 7.09. The van der Waals surface area contributed by atoms with E-state index in [0.29, 0.717) is 6.61 Å². The molecule has 18 heavy (non-hydrogen) atoms. The molecule has 0 aliphatic carbocycles. The van der Waals surface area contributed by atoms with Crippen molar-refractivity contribution < 1.29 is 4.74 Å². The van der Waals surface area contributed by atoms with E-state index in [1.54, 1.807) is 13.3 Å². The summed E-state index contributed by atoms with van der Waals surface area (Å²) in [5, 5.41) is 8.23. The third-order valence-electron chi connectivity index (χ3n) is 2.35. The molecule has 2 heterocycles. The number of methoxy groups -OCH3 is 1. The largest absolute Gasteiger partial charge is 0.383 e. The molecule has 7 heteroatoms. The van der Waals surface area contributed by atoms with Gasteiger partial charge in [-0.25, -0.2) is 4.98 Å². The van der Waals surface area contributed by atoms with Crippen molar-refractivity contribution in [1.29, 1.82) is 0 Å². The van der Waals surface area contributed by atoms with Crippen molar-refractivity contribution >= 4 is 22.4 Å². The van der Waals surface area contributed by atoms with Crippen LogP contribution in [0.2, 0.25) is 0 Å². The van der Waals surface area contributed by atoms with E-state index in [-0.39, 0.29) is 0 Å². The third-order valence-corrected chi connectivity index (χ3v) is 3.02. The Bertz CT molecular complexity index is 481. The molecule has 6 nitrogen and oxygen atoms in total. The van der Waals surface area contributed by atoms with Crippen LogP contribution in [0.25, 0.3) is 0 Å². The molecular weight excluding hydrogens is 250 g/mol. The van der Waals surface area contributed by atoms with Gasteiger partial charge in [-0.2, -0.15) is 9.47 Å². The molecule has 0 aromatic carbocycles. The van der Waals surface area contributed by atoms with Crippen LogP contribution in [0.15, 0.2) is 12.4 Å². The third kappa shape index (κ3) is 3.51. The van der Waals surface area contributed by atoms with Gasteiger partial charge in [-0.15, -0.1) is 0 Å². The Balaban J connectivity index is 1.93. The fraction of sp³-hybridized carbons (Fsp3) is 0.545. The molecular formula is C11H17N5OS. The first-order chi connectivity index (χ1) is 8.81. The van der Waals surface area contributed by atoms with E-state index >= 15 is 0 Å². The first-order valence-electron chi connectivity index (χ1n) is 5.93. The molecule has 0 unspecified atom stereocenters. The van der Waals surface area contributed by atoms with Gasteiger partial charge in [0.25, 0.3) is 0 Å². The number of aryl methyl sites for hydroxylation is 1. The van der Waals surface area contributed by atoms with Gasteiger partial charge >= 0.3 is 0 Å². The highest BCUT2D eigenvalue weighted by Crippen LogP contribution is 2.18. The van der Waals surface area contributed by atoms with E-state index < -0.39 is 0 Å². The van der Waals surface area contributed by atoms with Crippen LogP contribution in [0, 0.1) is 0 Å². The molecule has 0 fully saturated rings. The van der Waals surface area contributed by atoms with Crippen LogP contribution < -0.4 is 5.32 Å². The van der Waals surface area contributed by atoms with Gasteiger partial charge in [0.15, 0.2) is 0 Å². The average Bonchev–Trinajstić information content (AvgIpc) is 2.98. The zero-order chi connectivity index (χ0) is 12.8. The monoisotopic (exact) mass is 267 g/mol. The molecule has 0 bridgehead atoms. The quantitative estimate of drug-likeness (QED) is 0.832. The van der Waals surface area contributed by atoms with E-state index in [2.05, 4.69) is 26.7 Å². The second-order valence-corrected chi connectivity index (χ2v) is 4.63. The number of rotatable bonds is 7. The molecule has 0 spiro atoms. The lowest BCUT2D eigenvalue weighted by molar-refractivity contribution is 0.183. The SMILES string of the molecule is CCCc1nsc(Nc2cnn(CCOC)c2)n1. The lowest BCUT2D eigenvalue weighted by Gasteiger charge is -1.98. The molecule has 2 aromatic rings. The maximum Gasteiger partial charge on any atom is 0.207 e. The van der Waals surface area contributed by atoms with Crippen LogP contribution in [0.4, 0.5) is 10.8 Å². The van der Waals surface area contributed by atoms with Crippen LogP contribution in [-0.2, 0) is 17.7 Å². The highest BCUT2D eigenvalue weighted by atomic mass is 32.1. The van der Waals surface area contributed by atoms with Gasteiger partial charge in [-0.1, -0.05) is 6.92 Å². The Morgan fingerprint density at radius 3 is 3.17 bits per heavy atom. The first kappa shape index (κ1) is 13.0. The summed E-state index contributed by atoms with van der Waals surface area (Å²) >= 11 is 1.38. The van der Waals surface area contributed by atoms with E-state index in [9.17, 15) is 0 Å². The Hall–Kier alpha value is -1.47. The van der Waals surface area contributed by atoms with Gasteiger partial charge in [0, 0.05) is 31.3 Å². The Morgan fingerprint density at radius 1 is 1.50 bits per heavy atom. The molecule has 0 amide bonds. The van der Waals surface area contributed by atoms with Gasteiger partial charge in [0.2, 0.25) is 5.13 Å². The van der Waals surface area contributed by atoms with Gasteiger partial charge in [-0.05, 0) is 6.42 Å². The van der Waals surface area contributed by atoms with Gasteiger partial charge in [-0.3, -0.25) is 4.68 Å². The standard InChI is InChI=1S/C11H17N5OS/c1-3-4-10-14-11(18-15-10)13-9-7-12-16(8-9)5-6-17-2/h7-8H,3-6H2,1-2H3,(H,13,14,15). The highest BCUT2D eigenvalue weighted by Gasteiger charge is 2.05. The van der Waals surface area contributed by atoms with E-state index in [0.717, 1.165) is 36.0 Å². The molecule has 0 atom stereocenters. The summed E-state index contributed by atoms with van der Waals surface area (Å²) in [5.74, 6) is 0.900. The minimum atomic E-state index is 0.653. The van der Waals surface area contributed by atoms with E-state index in [1.807, 2.05) is 10.9 Å². The molecule has 2 aromatic heterocycles. The van der Waals surface area contributed by atoms with Crippen molar-refractivity contribution in [3.05, 3.63) is 18.2 Å². The number of anilines is 2. The van der Waals surface area contributed by atoms with Crippen LogP contribution in [0.1, 0.15) is 19.2 Å². The number of hydrogen-bond donors (Lipinski definition) is 1. The van der Waals surface area contributed by atoms with Crippen LogP contribution >= 0.6 is 11.5 Å². The Kier molecular flexibility index (Phi) is 4.66. The molecule has 1 N–H and O–H groups in total. The number of nitrogens with one attached hydrogen (secondary N) is 1. The summed E-state index contributed by atoms with van der Waals surface area (Å²) in [5.41, 5.74) is 0.922. The zero-order valence-electron chi connectivity index (χ0n) is 10.6. The first-order valence-corrected chi connectivity index (χ1v) is 6.70. The second kappa shape index (κ2) is 6.46. The van der Waals surface area contributed by atoms with Crippen LogP contribution in [0.3, 0.4) is 0 Å². The average molecular weight is 267 g/mol. The lowest BCUT2D eigenvalue weighted by atomic mass is 10.3. The Labute approximate surface area is 110 Å². The predicted molar refractivity (Wildman–Crippen MR) is 71.3 cm³/mol. The molecule has 0 radical (unpaired) electrons. The summed E-state index contributed by atoms with van der Waals surface area (Å²) in [4.78, 5) is 4.40. The van der Waals surface area contributed by atoms with Crippen molar-refractivity contribution in [3.63, 3.8) is 0 Å². The van der Waals surface area contributed by atoms with Crippen LogP contribution in [-0.4, -0.2) is 32.9 Å². The van der Waals surface area contributed by atoms with Crippen molar-refractivity contribution in [3.8, 4) is 0 Å². The van der Waals surface area contributed by atoms with E-state index in [4.69, 9.17) is 4.74 Å². The summed E-state index contributed by atoms with van der Waals surface area (Å²) in [7, 11) is 1.68. The smallest absolute Gasteiger partial charge is 0.207 e. The fourth-order valence-electron chi connectivity index (χ4n) is 1.49. The van der Waals surface area contributed by atoms with E-state index in [1.165, 1.54) is 11.5 Å². The number of ether oxygens (including phenoxy) is 1. The summed E-state index contributed by atoms with van der Waals surface area (Å²) < 4.78 is 11.1. The second-order valence-electron chi connectivity index (χ2n) is 3.88. The summed E-state index contributed by atoms with van der Waals surface area (Å²) in [6, 6.07) is 0. The number of nitrogens with zero attached hydrogens (tertiary/aromatic N) is 4. The number of aromatic nitrogens is 4. The molecule has 0 saturated heterocycles.